The summed E-state index contributed by atoms with van der Waals surface area (Å²) >= 11 is 0. The Bertz CT molecular complexity index is 316. The van der Waals surface area contributed by atoms with Gasteiger partial charge in [-0.1, -0.05) is 11.8 Å². The molecule has 0 spiro atoms. The van der Waals surface area contributed by atoms with Gasteiger partial charge in [-0.25, -0.2) is 0 Å². The van der Waals surface area contributed by atoms with Crippen molar-refractivity contribution in [1.82, 2.24) is 0 Å². The Kier molecular flexibility index (Phi) is 4.26. The largest absolute Gasteiger partial charge is 0.378 e. The zero-order valence-corrected chi connectivity index (χ0v) is 8.84. The van der Waals surface area contributed by atoms with Gasteiger partial charge in [-0.3, -0.25) is 9.59 Å². The van der Waals surface area contributed by atoms with E-state index in [0.717, 1.165) is 0 Å². The molecule has 0 aliphatic carbocycles. The predicted octanol–water partition coefficient (Wildman–Crippen LogP) is 0.865. The molecule has 0 aromatic rings. The van der Waals surface area contributed by atoms with E-state index in [1.165, 1.54) is 33.8 Å². The van der Waals surface area contributed by atoms with Crippen LogP contribution in [-0.4, -0.2) is 22.3 Å². The van der Waals surface area contributed by atoms with Crippen LogP contribution < -0.4 is 0 Å². The van der Waals surface area contributed by atoms with Crippen molar-refractivity contribution in [2.45, 2.75) is 33.3 Å². The van der Waals surface area contributed by atoms with Gasteiger partial charge in [-0.2, -0.15) is 0 Å². The Balaban J connectivity index is 4.86. The van der Waals surface area contributed by atoms with E-state index in [9.17, 15) is 14.7 Å². The van der Waals surface area contributed by atoms with Crippen LogP contribution in [0.15, 0.2) is 11.6 Å². The van der Waals surface area contributed by atoms with Crippen LogP contribution in [0.2, 0.25) is 0 Å². The van der Waals surface area contributed by atoms with Gasteiger partial charge in [-0.05, 0) is 27.7 Å². The highest BCUT2D eigenvalue weighted by Crippen LogP contribution is 1.99. The Morgan fingerprint density at radius 1 is 1.21 bits per heavy atom. The Morgan fingerprint density at radius 3 is 1.93 bits per heavy atom. The van der Waals surface area contributed by atoms with Gasteiger partial charge < -0.3 is 5.11 Å². The number of hydrogen-bond donors (Lipinski definition) is 1. The van der Waals surface area contributed by atoms with Crippen LogP contribution in [0.25, 0.3) is 0 Å². The van der Waals surface area contributed by atoms with Gasteiger partial charge in [0.05, 0.1) is 5.57 Å². The molecule has 0 saturated carbocycles. The summed E-state index contributed by atoms with van der Waals surface area (Å²) in [4.78, 5) is 21.8. The molecule has 0 aliphatic heterocycles. The quantitative estimate of drug-likeness (QED) is 0.307. The third-order valence-electron chi connectivity index (χ3n) is 1.35. The summed E-state index contributed by atoms with van der Waals surface area (Å²) < 4.78 is 0. The van der Waals surface area contributed by atoms with Gasteiger partial charge in [0.15, 0.2) is 11.6 Å². The molecule has 0 saturated heterocycles. The third kappa shape index (κ3) is 5.28. The molecular formula is C11H14O3. The molecule has 0 atom stereocenters. The second-order valence-corrected chi connectivity index (χ2v) is 3.50. The maximum Gasteiger partial charge on any atom is 0.164 e. The molecule has 0 bridgehead atoms. The van der Waals surface area contributed by atoms with Crippen LogP contribution in [0, 0.1) is 11.8 Å². The predicted molar refractivity (Wildman–Crippen MR) is 53.5 cm³/mol. The number of allylic oxidation sites excluding steroid dienone is 2. The molecule has 1 N–H and O–H groups in total. The summed E-state index contributed by atoms with van der Waals surface area (Å²) in [6, 6.07) is 0. The van der Waals surface area contributed by atoms with Crippen molar-refractivity contribution in [3.8, 4) is 11.8 Å². The first-order chi connectivity index (χ1) is 6.24. The summed E-state index contributed by atoms with van der Waals surface area (Å²) in [6.07, 6.45) is 1.24. The molecule has 0 aromatic heterocycles. The zero-order valence-electron chi connectivity index (χ0n) is 8.84. The molecule has 0 unspecified atom stereocenters. The zero-order chi connectivity index (χ0) is 11.4. The van der Waals surface area contributed by atoms with Gasteiger partial charge in [0, 0.05) is 6.08 Å². The molecule has 0 amide bonds. The number of carbonyl (C=O) groups is 2. The lowest BCUT2D eigenvalue weighted by atomic mass is 10.1. The van der Waals surface area contributed by atoms with E-state index in [1.807, 2.05) is 0 Å². The van der Waals surface area contributed by atoms with E-state index in [1.54, 1.807) is 0 Å². The fourth-order valence-corrected chi connectivity index (χ4v) is 0.736. The second-order valence-electron chi connectivity index (χ2n) is 3.50. The van der Waals surface area contributed by atoms with Crippen LogP contribution in [0.5, 0.6) is 0 Å². The van der Waals surface area contributed by atoms with Crippen molar-refractivity contribution >= 4 is 11.6 Å². The molecule has 0 aromatic carbocycles. The molecular weight excluding hydrogens is 180 g/mol. The van der Waals surface area contributed by atoms with Crippen molar-refractivity contribution in [3.05, 3.63) is 11.6 Å². The average molecular weight is 194 g/mol. The molecule has 0 aliphatic rings. The lowest BCUT2D eigenvalue weighted by Crippen LogP contribution is -2.14. The molecule has 0 fully saturated rings. The number of hydrogen-bond acceptors (Lipinski definition) is 3. The van der Waals surface area contributed by atoms with Gasteiger partial charge in [-0.15, -0.1) is 0 Å². The molecule has 0 rings (SSSR count). The van der Waals surface area contributed by atoms with Crippen LogP contribution in [-0.2, 0) is 9.59 Å². The Morgan fingerprint density at radius 2 is 1.64 bits per heavy atom. The van der Waals surface area contributed by atoms with Gasteiger partial charge >= 0.3 is 0 Å². The summed E-state index contributed by atoms with van der Waals surface area (Å²) in [5.74, 6) is 4.34. The van der Waals surface area contributed by atoms with Gasteiger partial charge in [0.2, 0.25) is 0 Å². The fourth-order valence-electron chi connectivity index (χ4n) is 0.736. The van der Waals surface area contributed by atoms with Gasteiger partial charge in [0.25, 0.3) is 0 Å². The second kappa shape index (κ2) is 4.73. The summed E-state index contributed by atoms with van der Waals surface area (Å²) in [6.45, 7) is 5.65. The van der Waals surface area contributed by atoms with Crippen LogP contribution in [0.1, 0.15) is 27.7 Å². The van der Waals surface area contributed by atoms with E-state index in [4.69, 9.17) is 0 Å². The highest BCUT2D eigenvalue weighted by atomic mass is 16.3. The number of ketones is 2. The maximum atomic E-state index is 10.9. The highest BCUT2D eigenvalue weighted by molar-refractivity contribution is 6.18. The topological polar surface area (TPSA) is 54.4 Å². The first-order valence-electron chi connectivity index (χ1n) is 4.21. The van der Waals surface area contributed by atoms with E-state index < -0.39 is 5.60 Å². The summed E-state index contributed by atoms with van der Waals surface area (Å²) in [5.41, 5.74) is -1.06. The Hall–Kier alpha value is -1.40. The van der Waals surface area contributed by atoms with E-state index in [-0.39, 0.29) is 17.1 Å². The smallest absolute Gasteiger partial charge is 0.164 e. The van der Waals surface area contributed by atoms with Crippen molar-refractivity contribution < 1.29 is 14.7 Å². The van der Waals surface area contributed by atoms with E-state index in [0.29, 0.717) is 0 Å². The minimum Gasteiger partial charge on any atom is -0.378 e. The SMILES string of the molecule is CC(=O)C(=CC#CC(C)(C)O)C(C)=O. The molecule has 76 valence electrons. The van der Waals surface area contributed by atoms with E-state index in [2.05, 4.69) is 11.8 Å². The monoisotopic (exact) mass is 194 g/mol. The molecule has 0 heterocycles. The number of Topliss-reactive ketones (excluding diaryl/α,β-unsaturated/α-hetero) is 2. The highest BCUT2D eigenvalue weighted by Gasteiger charge is 2.08. The Labute approximate surface area is 83.8 Å². The molecule has 14 heavy (non-hydrogen) atoms. The van der Waals surface area contributed by atoms with Crippen molar-refractivity contribution in [1.29, 1.82) is 0 Å². The fraction of sp³-hybridized carbons (Fsp3) is 0.455. The minimum atomic E-state index is -1.12. The van der Waals surface area contributed by atoms with E-state index >= 15 is 0 Å². The molecule has 0 radical (unpaired) electrons. The molecule has 3 heteroatoms. The number of carbonyl (C=O) groups excluding carboxylic acids is 2. The van der Waals surface area contributed by atoms with Crippen LogP contribution in [0.4, 0.5) is 0 Å². The lowest BCUT2D eigenvalue weighted by molar-refractivity contribution is -0.119. The average Bonchev–Trinajstić information content (AvgIpc) is 1.94. The van der Waals surface area contributed by atoms with Crippen molar-refractivity contribution in [2.24, 2.45) is 0 Å². The standard InChI is InChI=1S/C11H14O3/c1-8(12)10(9(2)13)6-5-7-11(3,4)14/h6,14H,1-4H3. The summed E-state index contributed by atoms with van der Waals surface area (Å²) in [7, 11) is 0. The van der Waals surface area contributed by atoms with Crippen LogP contribution >= 0.6 is 0 Å². The third-order valence-corrected chi connectivity index (χ3v) is 1.35. The van der Waals surface area contributed by atoms with Crippen molar-refractivity contribution in [2.75, 3.05) is 0 Å². The number of rotatable bonds is 2. The normalized spacial score (nSPS) is 9.79. The first kappa shape index (κ1) is 12.6. The van der Waals surface area contributed by atoms with Crippen molar-refractivity contribution in [3.63, 3.8) is 0 Å². The van der Waals surface area contributed by atoms with Crippen LogP contribution in [0.3, 0.4) is 0 Å². The first-order valence-corrected chi connectivity index (χ1v) is 4.21. The number of aliphatic hydroxyl groups is 1. The minimum absolute atomic E-state index is 0.0572. The van der Waals surface area contributed by atoms with Gasteiger partial charge in [0.1, 0.15) is 5.60 Å². The lowest BCUT2D eigenvalue weighted by Gasteiger charge is -2.05. The summed E-state index contributed by atoms with van der Waals surface area (Å²) in [5, 5.41) is 9.24. The molecule has 3 nitrogen and oxygen atoms in total. The maximum absolute atomic E-state index is 10.9.